The molecule has 0 bridgehead atoms. The van der Waals surface area contributed by atoms with Crippen LogP contribution >= 0.6 is 0 Å². The molecule has 1 saturated carbocycles. The zero-order valence-corrected chi connectivity index (χ0v) is 14.5. The van der Waals surface area contributed by atoms with Gasteiger partial charge in [-0.15, -0.1) is 0 Å². The molecule has 8 nitrogen and oxygen atoms in total. The second kappa shape index (κ2) is 6.88. The molecule has 3 rings (SSSR count). The number of hydrogen-bond donors (Lipinski definition) is 2. The molecule has 0 spiro atoms. The summed E-state index contributed by atoms with van der Waals surface area (Å²) in [6.07, 6.45) is 6.60. The number of carbonyl (C=O) groups is 2. The molecular formula is C18H18N6O2. The molecule has 1 aliphatic carbocycles. The molecule has 2 aromatic heterocycles. The van der Waals surface area contributed by atoms with Crippen molar-refractivity contribution in [2.24, 2.45) is 0 Å². The molecule has 0 unspecified atom stereocenters. The molecule has 0 atom stereocenters. The van der Waals surface area contributed by atoms with Gasteiger partial charge in [0.1, 0.15) is 17.1 Å². The summed E-state index contributed by atoms with van der Waals surface area (Å²) in [5.41, 5.74) is -0.163. The van der Waals surface area contributed by atoms with Crippen molar-refractivity contribution in [3.8, 4) is 6.07 Å². The number of nitriles is 1. The van der Waals surface area contributed by atoms with Gasteiger partial charge in [0.15, 0.2) is 0 Å². The zero-order chi connectivity index (χ0) is 18.7. The highest BCUT2D eigenvalue weighted by molar-refractivity contribution is 6.04. The van der Waals surface area contributed by atoms with Crippen LogP contribution in [0.4, 0.5) is 5.69 Å². The Morgan fingerprint density at radius 3 is 2.50 bits per heavy atom. The summed E-state index contributed by atoms with van der Waals surface area (Å²) in [6.45, 7) is 3.17. The predicted octanol–water partition coefficient (Wildman–Crippen LogP) is 2.03. The van der Waals surface area contributed by atoms with E-state index in [0.29, 0.717) is 17.2 Å². The molecule has 1 fully saturated rings. The van der Waals surface area contributed by atoms with Crippen LogP contribution in [-0.4, -0.2) is 32.3 Å². The fourth-order valence-corrected chi connectivity index (χ4v) is 2.22. The fraction of sp³-hybridized carbons (Fsp3) is 0.333. The van der Waals surface area contributed by atoms with Crippen molar-refractivity contribution in [1.82, 2.24) is 20.3 Å². The Bertz CT molecular complexity index is 881. The normalized spacial score (nSPS) is 13.6. The Morgan fingerprint density at radius 2 is 1.88 bits per heavy atom. The number of rotatable bonds is 5. The monoisotopic (exact) mass is 350 g/mol. The minimum Gasteiger partial charge on any atom is -0.333 e. The first-order chi connectivity index (χ1) is 12.4. The van der Waals surface area contributed by atoms with Crippen LogP contribution in [0.25, 0.3) is 0 Å². The van der Waals surface area contributed by atoms with Crippen molar-refractivity contribution in [1.29, 1.82) is 5.26 Å². The molecule has 1 aliphatic rings. The minimum absolute atomic E-state index is 0.103. The van der Waals surface area contributed by atoms with Gasteiger partial charge in [0.2, 0.25) is 0 Å². The highest BCUT2D eigenvalue weighted by Gasteiger charge is 2.26. The van der Waals surface area contributed by atoms with Gasteiger partial charge in [-0.1, -0.05) is 0 Å². The standard InChI is InChI=1S/C18H18N6O2/c1-18(2,10-19)24-17(26)14-7-13(5-6-20-14)23-16(25)12-8-21-15(22-9-12)11-3-4-11/h5-9,11H,3-4H2,1-2H3,(H,24,26)(H,20,23,25). The number of aromatic nitrogens is 3. The lowest BCUT2D eigenvalue weighted by Crippen LogP contribution is -2.42. The van der Waals surface area contributed by atoms with Gasteiger partial charge in [-0.05, 0) is 38.8 Å². The molecule has 0 aromatic carbocycles. The third-order valence-corrected chi connectivity index (χ3v) is 3.83. The van der Waals surface area contributed by atoms with Crippen molar-refractivity contribution < 1.29 is 9.59 Å². The van der Waals surface area contributed by atoms with Gasteiger partial charge in [0.25, 0.3) is 11.8 Å². The number of hydrogen-bond acceptors (Lipinski definition) is 6. The molecule has 8 heteroatoms. The molecule has 2 heterocycles. The predicted molar refractivity (Wildman–Crippen MR) is 93.4 cm³/mol. The molecule has 0 saturated heterocycles. The third-order valence-electron chi connectivity index (χ3n) is 3.83. The summed E-state index contributed by atoms with van der Waals surface area (Å²) in [6, 6.07) is 5.00. The number of nitrogens with zero attached hydrogens (tertiary/aromatic N) is 4. The van der Waals surface area contributed by atoms with Crippen LogP contribution in [0.1, 0.15) is 59.3 Å². The summed E-state index contributed by atoms with van der Waals surface area (Å²) in [5, 5.41) is 14.2. The van der Waals surface area contributed by atoms with E-state index >= 15 is 0 Å². The van der Waals surface area contributed by atoms with E-state index in [1.165, 1.54) is 24.7 Å². The maximum absolute atomic E-state index is 12.3. The number of carbonyl (C=O) groups excluding carboxylic acids is 2. The second-order valence-corrected chi connectivity index (χ2v) is 6.68. The number of anilines is 1. The van der Waals surface area contributed by atoms with E-state index < -0.39 is 11.4 Å². The average molecular weight is 350 g/mol. The smallest absolute Gasteiger partial charge is 0.271 e. The van der Waals surface area contributed by atoms with Crippen molar-refractivity contribution >= 4 is 17.5 Å². The van der Waals surface area contributed by atoms with Gasteiger partial charge in [0.05, 0.1) is 11.6 Å². The highest BCUT2D eigenvalue weighted by Crippen LogP contribution is 2.37. The van der Waals surface area contributed by atoms with Crippen LogP contribution in [0.2, 0.25) is 0 Å². The molecule has 132 valence electrons. The lowest BCUT2D eigenvalue weighted by atomic mass is 10.1. The Balaban J connectivity index is 1.68. The quantitative estimate of drug-likeness (QED) is 0.851. The van der Waals surface area contributed by atoms with E-state index in [9.17, 15) is 9.59 Å². The van der Waals surface area contributed by atoms with Crippen molar-refractivity contribution in [3.63, 3.8) is 0 Å². The summed E-state index contributed by atoms with van der Waals surface area (Å²) in [5.74, 6) is 0.322. The van der Waals surface area contributed by atoms with E-state index in [0.717, 1.165) is 18.7 Å². The lowest BCUT2D eigenvalue weighted by molar-refractivity contribution is 0.0923. The second-order valence-electron chi connectivity index (χ2n) is 6.68. The summed E-state index contributed by atoms with van der Waals surface area (Å²) in [4.78, 5) is 36.9. The number of amides is 2. The number of nitrogens with one attached hydrogen (secondary N) is 2. The Labute approximate surface area is 150 Å². The van der Waals surface area contributed by atoms with Crippen molar-refractivity contribution in [2.45, 2.75) is 38.1 Å². The van der Waals surface area contributed by atoms with Crippen LogP contribution in [0.5, 0.6) is 0 Å². The summed E-state index contributed by atoms with van der Waals surface area (Å²) < 4.78 is 0. The van der Waals surface area contributed by atoms with Crippen LogP contribution < -0.4 is 10.6 Å². The first-order valence-corrected chi connectivity index (χ1v) is 8.21. The molecular weight excluding hydrogens is 332 g/mol. The van der Waals surface area contributed by atoms with Crippen molar-refractivity contribution in [2.75, 3.05) is 5.32 Å². The molecule has 2 aromatic rings. The Kier molecular flexibility index (Phi) is 4.63. The Morgan fingerprint density at radius 1 is 1.19 bits per heavy atom. The van der Waals surface area contributed by atoms with Gasteiger partial charge < -0.3 is 10.6 Å². The van der Waals surface area contributed by atoms with Gasteiger partial charge in [-0.25, -0.2) is 9.97 Å². The molecule has 2 N–H and O–H groups in total. The van der Waals surface area contributed by atoms with E-state index in [1.54, 1.807) is 19.9 Å². The highest BCUT2D eigenvalue weighted by atomic mass is 16.2. The number of pyridine rings is 1. The molecule has 2 amide bonds. The van der Waals surface area contributed by atoms with E-state index in [2.05, 4.69) is 25.6 Å². The first kappa shape index (κ1) is 17.5. The van der Waals surface area contributed by atoms with Crippen LogP contribution in [-0.2, 0) is 0 Å². The SMILES string of the molecule is CC(C)(C#N)NC(=O)c1cc(NC(=O)c2cnc(C3CC3)nc2)ccn1. The first-order valence-electron chi connectivity index (χ1n) is 8.21. The summed E-state index contributed by atoms with van der Waals surface area (Å²) >= 11 is 0. The van der Waals surface area contributed by atoms with Crippen LogP contribution in [0.3, 0.4) is 0 Å². The van der Waals surface area contributed by atoms with Gasteiger partial charge in [-0.3, -0.25) is 14.6 Å². The maximum Gasteiger partial charge on any atom is 0.271 e. The molecule has 0 aliphatic heterocycles. The summed E-state index contributed by atoms with van der Waals surface area (Å²) in [7, 11) is 0. The topological polar surface area (TPSA) is 121 Å². The molecule has 0 radical (unpaired) electrons. The average Bonchev–Trinajstić information content (AvgIpc) is 3.47. The minimum atomic E-state index is -1.02. The van der Waals surface area contributed by atoms with Gasteiger partial charge in [-0.2, -0.15) is 5.26 Å². The maximum atomic E-state index is 12.3. The van der Waals surface area contributed by atoms with Crippen molar-refractivity contribution in [3.05, 3.63) is 47.8 Å². The van der Waals surface area contributed by atoms with E-state index in [1.807, 2.05) is 6.07 Å². The zero-order valence-electron chi connectivity index (χ0n) is 14.5. The Hall–Kier alpha value is -3.34. The van der Waals surface area contributed by atoms with Crippen LogP contribution in [0.15, 0.2) is 30.7 Å². The fourth-order valence-electron chi connectivity index (χ4n) is 2.22. The van der Waals surface area contributed by atoms with Gasteiger partial charge >= 0.3 is 0 Å². The third kappa shape index (κ3) is 4.19. The van der Waals surface area contributed by atoms with Crippen LogP contribution in [0, 0.1) is 11.3 Å². The van der Waals surface area contributed by atoms with Gasteiger partial charge in [0, 0.05) is 30.2 Å². The van der Waals surface area contributed by atoms with E-state index in [4.69, 9.17) is 5.26 Å². The lowest BCUT2D eigenvalue weighted by Gasteiger charge is -2.17. The molecule has 26 heavy (non-hydrogen) atoms. The van der Waals surface area contributed by atoms with E-state index in [-0.39, 0.29) is 11.6 Å². The largest absolute Gasteiger partial charge is 0.333 e.